The molecule has 1 saturated heterocycles. The number of anilines is 2. The minimum absolute atomic E-state index is 0.134. The molecule has 1 aromatic carbocycles. The highest BCUT2D eigenvalue weighted by Gasteiger charge is 2.22. The molecule has 0 unspecified atom stereocenters. The van der Waals surface area contributed by atoms with E-state index in [2.05, 4.69) is 37.2 Å². The van der Waals surface area contributed by atoms with Gasteiger partial charge in [0.25, 0.3) is 5.91 Å². The van der Waals surface area contributed by atoms with Crippen LogP contribution in [0.4, 0.5) is 11.4 Å². The number of nitrogens with zero attached hydrogens (tertiary/aromatic N) is 1. The molecule has 1 aromatic heterocycles. The Morgan fingerprint density at radius 1 is 1.27 bits per heavy atom. The molecule has 7 heteroatoms. The third-order valence-corrected chi connectivity index (χ3v) is 6.61. The molecule has 22 heavy (non-hydrogen) atoms. The summed E-state index contributed by atoms with van der Waals surface area (Å²) in [6, 6.07) is 9.16. The second kappa shape index (κ2) is 6.52. The summed E-state index contributed by atoms with van der Waals surface area (Å²) in [4.78, 5) is 26.4. The van der Waals surface area contributed by atoms with Gasteiger partial charge in [0.15, 0.2) is 0 Å². The normalized spacial score (nSPS) is 14.5. The van der Waals surface area contributed by atoms with Crippen molar-refractivity contribution < 1.29 is 9.59 Å². The smallest absolute Gasteiger partial charge is 0.265 e. The molecule has 0 bridgehead atoms. The van der Waals surface area contributed by atoms with Crippen LogP contribution in [0.2, 0.25) is 0 Å². The maximum absolute atomic E-state index is 12.3. The van der Waals surface area contributed by atoms with Crippen LogP contribution in [-0.4, -0.2) is 18.4 Å². The summed E-state index contributed by atoms with van der Waals surface area (Å²) in [5, 5.41) is 2.87. The molecule has 2 amide bonds. The lowest BCUT2D eigenvalue weighted by atomic mass is 10.2. The van der Waals surface area contributed by atoms with Crippen molar-refractivity contribution in [2.75, 3.05) is 16.8 Å². The van der Waals surface area contributed by atoms with E-state index < -0.39 is 0 Å². The van der Waals surface area contributed by atoms with E-state index in [0.717, 1.165) is 26.9 Å². The number of nitrogens with one attached hydrogen (secondary N) is 1. The van der Waals surface area contributed by atoms with Gasteiger partial charge in [-0.3, -0.25) is 9.59 Å². The highest BCUT2D eigenvalue weighted by Crippen LogP contribution is 2.33. The molecule has 1 fully saturated rings. The first-order valence-corrected chi connectivity index (χ1v) is 9.11. The molecule has 2 heterocycles. The summed E-state index contributed by atoms with van der Waals surface area (Å²) < 4.78 is 1.74. The molecule has 1 N–H and O–H groups in total. The summed E-state index contributed by atoms with van der Waals surface area (Å²) in [5.41, 5.74) is 1.51. The molecule has 0 spiro atoms. The van der Waals surface area contributed by atoms with Crippen LogP contribution in [0.1, 0.15) is 22.5 Å². The van der Waals surface area contributed by atoms with E-state index in [1.165, 1.54) is 11.3 Å². The molecule has 3 rings (SSSR count). The molecule has 1 aliphatic heterocycles. The van der Waals surface area contributed by atoms with E-state index in [4.69, 9.17) is 0 Å². The van der Waals surface area contributed by atoms with Gasteiger partial charge in [-0.1, -0.05) is 6.07 Å². The fourth-order valence-corrected chi connectivity index (χ4v) is 4.25. The zero-order valence-electron chi connectivity index (χ0n) is 11.4. The van der Waals surface area contributed by atoms with Gasteiger partial charge in [0.05, 0.1) is 8.66 Å². The van der Waals surface area contributed by atoms with Crippen LogP contribution in [0.3, 0.4) is 0 Å². The minimum atomic E-state index is -0.165. The Morgan fingerprint density at radius 2 is 2.09 bits per heavy atom. The van der Waals surface area contributed by atoms with E-state index in [1.54, 1.807) is 11.0 Å². The number of thiophene rings is 1. The molecule has 4 nitrogen and oxygen atoms in total. The first-order chi connectivity index (χ1) is 10.5. The standard InChI is InChI=1S/C15H12Br2N2O2S/c16-11-8-12(22-14(11)17)15(21)18-9-3-1-4-10(7-9)19-6-2-5-13(19)20/h1,3-4,7-8H,2,5-6H2,(H,18,21). The zero-order valence-corrected chi connectivity index (χ0v) is 15.4. The monoisotopic (exact) mass is 442 g/mol. The second-order valence-corrected chi connectivity index (χ2v) is 8.11. The van der Waals surface area contributed by atoms with Crippen LogP contribution in [0, 0.1) is 0 Å². The van der Waals surface area contributed by atoms with Crippen molar-refractivity contribution in [3.8, 4) is 0 Å². The molecule has 0 saturated carbocycles. The molecule has 0 atom stereocenters. The van der Waals surface area contributed by atoms with Crippen LogP contribution < -0.4 is 10.2 Å². The van der Waals surface area contributed by atoms with E-state index in [-0.39, 0.29) is 11.8 Å². The van der Waals surface area contributed by atoms with Gasteiger partial charge in [-0.05, 0) is 62.5 Å². The topological polar surface area (TPSA) is 49.4 Å². The molecule has 0 aliphatic carbocycles. The highest BCUT2D eigenvalue weighted by atomic mass is 79.9. The number of halogens is 2. The number of hydrogen-bond acceptors (Lipinski definition) is 3. The van der Waals surface area contributed by atoms with Crippen LogP contribution in [0.5, 0.6) is 0 Å². The highest BCUT2D eigenvalue weighted by molar-refractivity contribution is 9.13. The van der Waals surface area contributed by atoms with Gasteiger partial charge >= 0.3 is 0 Å². The average molecular weight is 444 g/mol. The van der Waals surface area contributed by atoms with Crippen molar-refractivity contribution in [2.45, 2.75) is 12.8 Å². The fraction of sp³-hybridized carbons (Fsp3) is 0.200. The Hall–Kier alpha value is -1.18. The van der Waals surface area contributed by atoms with Crippen molar-refractivity contribution in [3.05, 3.63) is 43.5 Å². The van der Waals surface area contributed by atoms with Gasteiger partial charge in [0.1, 0.15) is 0 Å². The number of benzene rings is 1. The van der Waals surface area contributed by atoms with E-state index in [1.807, 2.05) is 24.3 Å². The quantitative estimate of drug-likeness (QED) is 0.750. The van der Waals surface area contributed by atoms with Crippen LogP contribution >= 0.6 is 43.2 Å². The van der Waals surface area contributed by atoms with Crippen molar-refractivity contribution in [3.63, 3.8) is 0 Å². The SMILES string of the molecule is O=C(Nc1cccc(N2CCCC2=O)c1)c1cc(Br)c(Br)s1. The number of rotatable bonds is 3. The Morgan fingerprint density at radius 3 is 2.73 bits per heavy atom. The predicted molar refractivity (Wildman–Crippen MR) is 95.7 cm³/mol. The van der Waals surface area contributed by atoms with Gasteiger partial charge < -0.3 is 10.2 Å². The van der Waals surface area contributed by atoms with Gasteiger partial charge in [-0.2, -0.15) is 0 Å². The number of carbonyl (C=O) groups excluding carboxylic acids is 2. The number of hydrogen-bond donors (Lipinski definition) is 1. The van der Waals surface area contributed by atoms with E-state index in [0.29, 0.717) is 17.0 Å². The Bertz CT molecular complexity index is 725. The Balaban J connectivity index is 1.78. The van der Waals surface area contributed by atoms with Crippen molar-refractivity contribution in [1.82, 2.24) is 0 Å². The molecule has 2 aromatic rings. The van der Waals surface area contributed by atoms with Crippen molar-refractivity contribution in [1.29, 1.82) is 0 Å². The molecule has 114 valence electrons. The van der Waals surface area contributed by atoms with Gasteiger partial charge in [0, 0.05) is 28.8 Å². The molecular weight excluding hydrogens is 432 g/mol. The Kier molecular flexibility index (Phi) is 4.65. The summed E-state index contributed by atoms with van der Waals surface area (Å²) in [6.45, 7) is 0.737. The van der Waals surface area contributed by atoms with E-state index >= 15 is 0 Å². The van der Waals surface area contributed by atoms with Crippen LogP contribution in [0.25, 0.3) is 0 Å². The van der Waals surface area contributed by atoms with Crippen molar-refractivity contribution in [2.24, 2.45) is 0 Å². The number of carbonyl (C=O) groups is 2. The second-order valence-electron chi connectivity index (χ2n) is 4.89. The maximum atomic E-state index is 12.3. The third kappa shape index (κ3) is 3.26. The minimum Gasteiger partial charge on any atom is -0.321 e. The fourth-order valence-electron chi connectivity index (χ4n) is 2.32. The molecular formula is C15H12Br2N2O2S. The third-order valence-electron chi connectivity index (χ3n) is 3.36. The summed E-state index contributed by atoms with van der Waals surface area (Å²) >= 11 is 8.12. The first kappa shape index (κ1) is 15.7. The summed E-state index contributed by atoms with van der Waals surface area (Å²) in [7, 11) is 0. The lowest BCUT2D eigenvalue weighted by molar-refractivity contribution is -0.117. The molecule has 0 radical (unpaired) electrons. The largest absolute Gasteiger partial charge is 0.321 e. The van der Waals surface area contributed by atoms with Crippen LogP contribution in [0.15, 0.2) is 38.6 Å². The molecule has 1 aliphatic rings. The zero-order chi connectivity index (χ0) is 15.7. The van der Waals surface area contributed by atoms with Gasteiger partial charge in [0.2, 0.25) is 5.91 Å². The van der Waals surface area contributed by atoms with Crippen molar-refractivity contribution >= 4 is 66.4 Å². The lowest BCUT2D eigenvalue weighted by Gasteiger charge is -2.16. The van der Waals surface area contributed by atoms with E-state index in [9.17, 15) is 9.59 Å². The summed E-state index contributed by atoms with van der Waals surface area (Å²) in [5.74, 6) is -0.0316. The average Bonchev–Trinajstić information content (AvgIpc) is 3.06. The van der Waals surface area contributed by atoms with Gasteiger partial charge in [-0.15, -0.1) is 11.3 Å². The van der Waals surface area contributed by atoms with Gasteiger partial charge in [-0.25, -0.2) is 0 Å². The maximum Gasteiger partial charge on any atom is 0.265 e. The Labute approximate surface area is 148 Å². The predicted octanol–water partition coefficient (Wildman–Crippen LogP) is 4.65. The lowest BCUT2D eigenvalue weighted by Crippen LogP contribution is -2.23. The summed E-state index contributed by atoms with van der Waals surface area (Å²) in [6.07, 6.45) is 1.47. The first-order valence-electron chi connectivity index (χ1n) is 6.71. The van der Waals surface area contributed by atoms with Crippen LogP contribution in [-0.2, 0) is 4.79 Å². The number of amides is 2.